The first-order valence-corrected chi connectivity index (χ1v) is 2.37. The molecule has 0 aromatic heterocycles. The Kier molecular flexibility index (Phi) is 2.29. The molecule has 1 nitrogen and oxygen atoms in total. The first kappa shape index (κ1) is 6.36. The van der Waals surface area contributed by atoms with E-state index in [4.69, 9.17) is 6.42 Å². The second kappa shape index (κ2) is 2.52. The van der Waals surface area contributed by atoms with Gasteiger partial charge in [-0.15, -0.1) is 0 Å². The average molecular weight is 97.2 g/mol. The van der Waals surface area contributed by atoms with Crippen molar-refractivity contribution in [2.45, 2.75) is 19.9 Å². The molecule has 0 aliphatic heterocycles. The fourth-order valence-corrected chi connectivity index (χ4v) is 0.149. The van der Waals surface area contributed by atoms with Crippen molar-refractivity contribution >= 4 is 0 Å². The Balaban J connectivity index is 3.40. The summed E-state index contributed by atoms with van der Waals surface area (Å²) in [6.45, 7) is 4.11. The van der Waals surface area contributed by atoms with Crippen LogP contribution in [0.15, 0.2) is 0 Å². The van der Waals surface area contributed by atoms with Crippen molar-refractivity contribution in [2.75, 3.05) is 7.05 Å². The molecule has 0 radical (unpaired) electrons. The molecule has 0 spiro atoms. The van der Waals surface area contributed by atoms with Crippen LogP contribution < -0.4 is 0 Å². The lowest BCUT2D eigenvalue weighted by molar-refractivity contribution is 0.398. The number of nitrogens with zero attached hydrogens (tertiary/aromatic N) is 1. The molecule has 0 N–H and O–H groups in total. The third-order valence-corrected chi connectivity index (χ3v) is 0.978. The monoisotopic (exact) mass is 97.1 g/mol. The summed E-state index contributed by atoms with van der Waals surface area (Å²) in [4.78, 5) is 1.82. The van der Waals surface area contributed by atoms with Gasteiger partial charge in [-0.2, -0.15) is 0 Å². The van der Waals surface area contributed by atoms with Crippen LogP contribution in [0.2, 0.25) is 0 Å². The van der Waals surface area contributed by atoms with E-state index >= 15 is 0 Å². The van der Waals surface area contributed by atoms with Crippen LogP contribution >= 0.6 is 0 Å². The van der Waals surface area contributed by atoms with E-state index in [0.29, 0.717) is 6.04 Å². The van der Waals surface area contributed by atoms with Crippen LogP contribution in [-0.4, -0.2) is 18.0 Å². The zero-order valence-electron chi connectivity index (χ0n) is 5.10. The molecule has 1 heteroatoms. The normalized spacial score (nSPS) is 8.43. The summed E-state index contributed by atoms with van der Waals surface area (Å²) in [6.07, 6.45) is 5.05. The first-order valence-electron chi connectivity index (χ1n) is 2.37. The molecule has 0 unspecified atom stereocenters. The quantitative estimate of drug-likeness (QED) is 0.347. The summed E-state index contributed by atoms with van der Waals surface area (Å²) < 4.78 is 0. The molecule has 0 atom stereocenters. The summed E-state index contributed by atoms with van der Waals surface area (Å²) in [5.74, 6) is 0. The molecule has 0 aromatic rings. The highest BCUT2D eigenvalue weighted by atomic mass is 15.1. The van der Waals surface area contributed by atoms with Crippen LogP contribution in [0.5, 0.6) is 0 Å². The third-order valence-electron chi connectivity index (χ3n) is 0.978. The molecule has 0 aliphatic rings. The molecule has 0 fully saturated rings. The fraction of sp³-hybridized carbons (Fsp3) is 0.667. The Labute approximate surface area is 45.3 Å². The maximum atomic E-state index is 5.05. The van der Waals surface area contributed by atoms with Crippen molar-refractivity contribution < 1.29 is 0 Å². The van der Waals surface area contributed by atoms with Crippen LogP contribution in [0.25, 0.3) is 0 Å². The summed E-state index contributed by atoms with van der Waals surface area (Å²) in [6, 6.07) is 2.96. The number of hydrogen-bond acceptors (Lipinski definition) is 1. The van der Waals surface area contributed by atoms with E-state index < -0.39 is 0 Å². The SMILES string of the molecule is C#CN(C)C(C)C. The van der Waals surface area contributed by atoms with Gasteiger partial charge >= 0.3 is 0 Å². The standard InChI is InChI=1S/C6H11N/c1-5-7(4)6(2)3/h1,6H,2-4H3. The lowest BCUT2D eigenvalue weighted by Gasteiger charge is -2.13. The van der Waals surface area contributed by atoms with Gasteiger partial charge in [-0.3, -0.25) is 0 Å². The van der Waals surface area contributed by atoms with E-state index in [1.54, 1.807) is 0 Å². The van der Waals surface area contributed by atoms with Crippen molar-refractivity contribution in [1.82, 2.24) is 4.90 Å². The largest absolute Gasteiger partial charge is 0.333 e. The second-order valence-electron chi connectivity index (χ2n) is 1.83. The topological polar surface area (TPSA) is 3.24 Å². The summed E-state index contributed by atoms with van der Waals surface area (Å²) in [7, 11) is 1.89. The van der Waals surface area contributed by atoms with Crippen LogP contribution in [0.3, 0.4) is 0 Å². The highest BCUT2D eigenvalue weighted by Crippen LogP contribution is 1.87. The minimum absolute atomic E-state index is 0.463. The summed E-state index contributed by atoms with van der Waals surface area (Å²) >= 11 is 0. The van der Waals surface area contributed by atoms with Gasteiger partial charge in [0, 0.05) is 19.1 Å². The van der Waals surface area contributed by atoms with E-state index in [9.17, 15) is 0 Å². The lowest BCUT2D eigenvalue weighted by Crippen LogP contribution is -2.19. The van der Waals surface area contributed by atoms with Crippen LogP contribution in [-0.2, 0) is 0 Å². The Morgan fingerprint density at radius 2 is 2.00 bits per heavy atom. The van der Waals surface area contributed by atoms with Crippen molar-refractivity contribution in [1.29, 1.82) is 0 Å². The van der Waals surface area contributed by atoms with Crippen LogP contribution in [0.1, 0.15) is 13.8 Å². The molecule has 0 bridgehead atoms. The highest BCUT2D eigenvalue weighted by molar-refractivity contribution is 4.83. The van der Waals surface area contributed by atoms with E-state index in [-0.39, 0.29) is 0 Å². The second-order valence-corrected chi connectivity index (χ2v) is 1.83. The summed E-state index contributed by atoms with van der Waals surface area (Å²) in [5, 5.41) is 0. The maximum absolute atomic E-state index is 5.05. The molecule has 7 heavy (non-hydrogen) atoms. The number of hydrogen-bond donors (Lipinski definition) is 0. The van der Waals surface area contributed by atoms with Crippen LogP contribution in [0, 0.1) is 12.5 Å². The molecule has 0 saturated carbocycles. The van der Waals surface area contributed by atoms with Gasteiger partial charge in [0.1, 0.15) is 0 Å². The van der Waals surface area contributed by atoms with Crippen molar-refractivity contribution in [3.05, 3.63) is 0 Å². The number of rotatable bonds is 1. The van der Waals surface area contributed by atoms with Crippen molar-refractivity contribution in [2.24, 2.45) is 0 Å². The predicted molar refractivity (Wildman–Crippen MR) is 31.7 cm³/mol. The maximum Gasteiger partial charge on any atom is 0.0311 e. The summed E-state index contributed by atoms with van der Waals surface area (Å²) in [5.41, 5.74) is 0. The Morgan fingerprint density at radius 3 is 2.00 bits per heavy atom. The highest BCUT2D eigenvalue weighted by Gasteiger charge is 1.92. The lowest BCUT2D eigenvalue weighted by atomic mass is 10.4. The Bertz CT molecular complexity index is 78.7. The molecular formula is C6H11N. The fourth-order valence-electron chi connectivity index (χ4n) is 0.149. The van der Waals surface area contributed by atoms with Gasteiger partial charge in [-0.1, -0.05) is 6.42 Å². The molecule has 0 saturated heterocycles. The number of terminal acetylenes is 1. The molecule has 0 rings (SSSR count). The van der Waals surface area contributed by atoms with Gasteiger partial charge in [0.05, 0.1) is 0 Å². The zero-order chi connectivity index (χ0) is 5.86. The third kappa shape index (κ3) is 2.11. The van der Waals surface area contributed by atoms with E-state index in [0.717, 1.165) is 0 Å². The van der Waals surface area contributed by atoms with E-state index in [1.165, 1.54) is 0 Å². The van der Waals surface area contributed by atoms with Crippen molar-refractivity contribution in [3.63, 3.8) is 0 Å². The van der Waals surface area contributed by atoms with Crippen molar-refractivity contribution in [3.8, 4) is 12.5 Å². The van der Waals surface area contributed by atoms with E-state index in [2.05, 4.69) is 19.9 Å². The minimum atomic E-state index is 0.463. The molecule has 40 valence electrons. The van der Waals surface area contributed by atoms with Gasteiger partial charge in [-0.05, 0) is 13.8 Å². The van der Waals surface area contributed by atoms with E-state index in [1.807, 2.05) is 11.9 Å². The van der Waals surface area contributed by atoms with Crippen LogP contribution in [0.4, 0.5) is 0 Å². The smallest absolute Gasteiger partial charge is 0.0311 e. The van der Waals surface area contributed by atoms with Gasteiger partial charge in [0.15, 0.2) is 0 Å². The predicted octanol–water partition coefficient (Wildman–Crippen LogP) is 0.917. The molecule has 0 heterocycles. The Hall–Kier alpha value is -0.640. The Morgan fingerprint density at radius 1 is 1.57 bits per heavy atom. The van der Waals surface area contributed by atoms with Gasteiger partial charge in [0.2, 0.25) is 0 Å². The minimum Gasteiger partial charge on any atom is -0.333 e. The molecule has 0 aromatic carbocycles. The molecule has 0 aliphatic carbocycles. The van der Waals surface area contributed by atoms with Gasteiger partial charge in [0.25, 0.3) is 0 Å². The first-order chi connectivity index (χ1) is 3.18. The van der Waals surface area contributed by atoms with Gasteiger partial charge in [-0.25, -0.2) is 0 Å². The zero-order valence-corrected chi connectivity index (χ0v) is 5.10. The van der Waals surface area contributed by atoms with Gasteiger partial charge < -0.3 is 4.90 Å². The molecule has 0 amide bonds. The average Bonchev–Trinajstić information content (AvgIpc) is 1.65. The molecular weight excluding hydrogens is 86.1 g/mol.